The highest BCUT2D eigenvalue weighted by molar-refractivity contribution is 6.33. The number of rotatable bonds is 3. The molecule has 118 valence electrons. The van der Waals surface area contributed by atoms with Gasteiger partial charge in [0.1, 0.15) is 11.5 Å². The summed E-state index contributed by atoms with van der Waals surface area (Å²) in [7, 11) is 1.71. The highest BCUT2D eigenvalue weighted by Crippen LogP contribution is 2.35. The number of halogens is 1. The number of phenolic OH excluding ortho intramolecular Hbond substituents is 1. The van der Waals surface area contributed by atoms with Crippen molar-refractivity contribution in [2.24, 2.45) is 7.05 Å². The lowest BCUT2D eigenvalue weighted by Gasteiger charge is -2.09. The molecule has 23 heavy (non-hydrogen) atoms. The number of anilines is 1. The largest absolute Gasteiger partial charge is 0.507 e. The molecule has 1 aromatic carbocycles. The van der Waals surface area contributed by atoms with Crippen molar-refractivity contribution in [3.8, 4) is 17.0 Å². The van der Waals surface area contributed by atoms with Gasteiger partial charge in [0.2, 0.25) is 0 Å². The molecule has 0 bridgehead atoms. The highest BCUT2D eigenvalue weighted by Gasteiger charge is 2.16. The summed E-state index contributed by atoms with van der Waals surface area (Å²) in [5.74, 6) is 0.170. The fourth-order valence-corrected chi connectivity index (χ4v) is 2.45. The van der Waals surface area contributed by atoms with Crippen molar-refractivity contribution >= 4 is 23.2 Å². The number of carbonyl (C=O) groups is 1. The van der Waals surface area contributed by atoms with Crippen LogP contribution >= 0.6 is 11.6 Å². The molecule has 0 aliphatic carbocycles. The van der Waals surface area contributed by atoms with Crippen molar-refractivity contribution in [1.29, 1.82) is 0 Å². The lowest BCUT2D eigenvalue weighted by Crippen LogP contribution is -2.12. The number of carbonyl (C=O) groups excluding carboxylic acids is 1. The molecule has 3 aromatic rings. The summed E-state index contributed by atoms with van der Waals surface area (Å²) in [6.45, 7) is 1.70. The Kier molecular flexibility index (Phi) is 3.79. The smallest absolute Gasteiger partial charge is 0.277 e. The minimum absolute atomic E-state index is 0.0331. The van der Waals surface area contributed by atoms with E-state index in [1.54, 1.807) is 30.8 Å². The molecule has 2 aromatic heterocycles. The fourth-order valence-electron chi connectivity index (χ4n) is 2.19. The maximum Gasteiger partial charge on any atom is 0.277 e. The second-order valence-corrected chi connectivity index (χ2v) is 5.38. The summed E-state index contributed by atoms with van der Waals surface area (Å²) in [5, 5.41) is 20.9. The number of phenols is 1. The van der Waals surface area contributed by atoms with E-state index < -0.39 is 5.91 Å². The number of hydrogen-bond donors (Lipinski definition) is 2. The zero-order valence-electron chi connectivity index (χ0n) is 12.4. The lowest BCUT2D eigenvalue weighted by atomic mass is 10.1. The number of aromatic hydroxyl groups is 1. The summed E-state index contributed by atoms with van der Waals surface area (Å²) in [6.07, 6.45) is 1.49. The van der Waals surface area contributed by atoms with Gasteiger partial charge in [0.15, 0.2) is 5.69 Å². The van der Waals surface area contributed by atoms with Gasteiger partial charge in [-0.2, -0.15) is 5.10 Å². The molecule has 2 N–H and O–H groups in total. The zero-order valence-corrected chi connectivity index (χ0v) is 13.1. The Bertz CT molecular complexity index is 865. The molecule has 7 nitrogen and oxygen atoms in total. The van der Waals surface area contributed by atoms with Crippen LogP contribution in [0.4, 0.5) is 5.69 Å². The average molecular weight is 333 g/mol. The van der Waals surface area contributed by atoms with Gasteiger partial charge >= 0.3 is 0 Å². The number of aromatic nitrogens is 3. The van der Waals surface area contributed by atoms with E-state index in [2.05, 4.69) is 15.6 Å². The van der Waals surface area contributed by atoms with Gasteiger partial charge in [-0.3, -0.25) is 9.48 Å². The highest BCUT2D eigenvalue weighted by atomic mass is 35.5. The van der Waals surface area contributed by atoms with Crippen LogP contribution in [0.3, 0.4) is 0 Å². The third-order valence-electron chi connectivity index (χ3n) is 3.26. The molecule has 1 amide bonds. The molecule has 0 aliphatic rings. The van der Waals surface area contributed by atoms with E-state index in [0.717, 1.165) is 0 Å². The quantitative estimate of drug-likeness (QED) is 0.719. The molecular weight excluding hydrogens is 320 g/mol. The predicted octanol–water partition coefficient (Wildman–Crippen LogP) is 2.99. The molecule has 0 spiro atoms. The van der Waals surface area contributed by atoms with Crippen LogP contribution in [0.2, 0.25) is 5.02 Å². The summed E-state index contributed by atoms with van der Waals surface area (Å²) in [5.41, 5.74) is 1.68. The molecule has 0 saturated carbocycles. The molecule has 2 heterocycles. The van der Waals surface area contributed by atoms with Crippen LogP contribution in [-0.2, 0) is 7.05 Å². The number of hydrogen-bond acceptors (Lipinski definition) is 5. The molecule has 3 rings (SSSR count). The maximum atomic E-state index is 12.1. The Morgan fingerprint density at radius 3 is 2.78 bits per heavy atom. The van der Waals surface area contributed by atoms with Gasteiger partial charge in [-0.1, -0.05) is 16.8 Å². The van der Waals surface area contributed by atoms with E-state index in [4.69, 9.17) is 16.1 Å². The number of benzene rings is 1. The third-order valence-corrected chi connectivity index (χ3v) is 3.54. The third kappa shape index (κ3) is 2.91. The van der Waals surface area contributed by atoms with Crippen molar-refractivity contribution < 1.29 is 14.4 Å². The van der Waals surface area contributed by atoms with E-state index in [9.17, 15) is 9.90 Å². The van der Waals surface area contributed by atoms with Crippen LogP contribution in [-0.4, -0.2) is 26.0 Å². The van der Waals surface area contributed by atoms with Gasteiger partial charge in [-0.25, -0.2) is 0 Å². The Morgan fingerprint density at radius 1 is 1.39 bits per heavy atom. The molecule has 0 radical (unpaired) electrons. The molecule has 8 heteroatoms. The molecule has 0 aliphatic heterocycles. The predicted molar refractivity (Wildman–Crippen MR) is 84.5 cm³/mol. The van der Waals surface area contributed by atoms with Crippen LogP contribution in [0, 0.1) is 6.92 Å². The van der Waals surface area contributed by atoms with E-state index >= 15 is 0 Å². The Morgan fingerprint density at radius 2 is 2.17 bits per heavy atom. The first-order valence-electron chi connectivity index (χ1n) is 6.71. The monoisotopic (exact) mass is 332 g/mol. The first kappa shape index (κ1) is 15.1. The average Bonchev–Trinajstić information content (AvgIpc) is 3.08. The Balaban J connectivity index is 1.93. The van der Waals surface area contributed by atoms with Gasteiger partial charge in [-0.15, -0.1) is 0 Å². The number of nitrogens with one attached hydrogen (secondary N) is 1. The molecule has 0 saturated heterocycles. The second kappa shape index (κ2) is 5.77. The number of amides is 1. The lowest BCUT2D eigenvalue weighted by molar-refractivity contribution is 0.101. The normalized spacial score (nSPS) is 10.7. The summed E-state index contributed by atoms with van der Waals surface area (Å²) >= 11 is 6.10. The van der Waals surface area contributed by atoms with Gasteiger partial charge in [0, 0.05) is 24.4 Å². The standard InChI is InChI=1S/C15H13ClN4O3/c1-8-5-12(19-23-8)15(22)18-9-3-4-13(21)10(6-9)14-11(16)7-17-20(14)2/h3-7,21H,1-2H3,(H,18,22). The van der Waals surface area contributed by atoms with Gasteiger partial charge in [0.05, 0.1) is 16.9 Å². The summed E-state index contributed by atoms with van der Waals surface area (Å²) < 4.78 is 6.42. The van der Waals surface area contributed by atoms with Gasteiger partial charge < -0.3 is 14.9 Å². The SMILES string of the molecule is Cc1cc(C(=O)Nc2ccc(O)c(-c3c(Cl)cnn3C)c2)no1. The summed E-state index contributed by atoms with van der Waals surface area (Å²) in [4.78, 5) is 12.1. The van der Waals surface area contributed by atoms with Gasteiger partial charge in [0.25, 0.3) is 5.91 Å². The fraction of sp³-hybridized carbons (Fsp3) is 0.133. The summed E-state index contributed by atoms with van der Waals surface area (Å²) in [6, 6.07) is 6.20. The first-order valence-corrected chi connectivity index (χ1v) is 7.09. The van der Waals surface area contributed by atoms with Crippen LogP contribution in [0.5, 0.6) is 5.75 Å². The number of aryl methyl sites for hydroxylation is 2. The zero-order chi connectivity index (χ0) is 16.6. The van der Waals surface area contributed by atoms with E-state index in [0.29, 0.717) is 27.7 Å². The van der Waals surface area contributed by atoms with Crippen molar-refractivity contribution in [2.75, 3.05) is 5.32 Å². The molecular formula is C15H13ClN4O3. The van der Waals surface area contributed by atoms with Crippen LogP contribution in [0.1, 0.15) is 16.2 Å². The van der Waals surface area contributed by atoms with E-state index in [1.807, 2.05) is 0 Å². The van der Waals surface area contributed by atoms with Crippen molar-refractivity contribution in [1.82, 2.24) is 14.9 Å². The Hall–Kier alpha value is -2.80. The van der Waals surface area contributed by atoms with Gasteiger partial charge in [-0.05, 0) is 25.1 Å². The second-order valence-electron chi connectivity index (χ2n) is 4.97. The minimum atomic E-state index is -0.408. The molecule has 0 fully saturated rings. The topological polar surface area (TPSA) is 93.2 Å². The number of nitrogens with zero attached hydrogens (tertiary/aromatic N) is 3. The van der Waals surface area contributed by atoms with Crippen molar-refractivity contribution in [3.05, 3.63) is 46.9 Å². The van der Waals surface area contributed by atoms with Crippen molar-refractivity contribution in [3.63, 3.8) is 0 Å². The van der Waals surface area contributed by atoms with Crippen molar-refractivity contribution in [2.45, 2.75) is 6.92 Å². The first-order chi connectivity index (χ1) is 11.0. The Labute approximate surface area is 136 Å². The molecule has 0 unspecified atom stereocenters. The van der Waals surface area contributed by atoms with Crippen LogP contribution in [0.25, 0.3) is 11.3 Å². The van der Waals surface area contributed by atoms with Crippen LogP contribution < -0.4 is 5.32 Å². The maximum absolute atomic E-state index is 12.1. The molecule has 0 atom stereocenters. The van der Waals surface area contributed by atoms with Crippen LogP contribution in [0.15, 0.2) is 35.0 Å². The minimum Gasteiger partial charge on any atom is -0.507 e. The van der Waals surface area contributed by atoms with E-state index in [-0.39, 0.29) is 11.4 Å². The van der Waals surface area contributed by atoms with E-state index in [1.165, 1.54) is 18.3 Å².